The van der Waals surface area contributed by atoms with Gasteiger partial charge >= 0.3 is 12.0 Å². The first kappa shape index (κ1) is 15.0. The summed E-state index contributed by atoms with van der Waals surface area (Å²) in [5.41, 5.74) is 0.464. The molecule has 0 heterocycles. The number of carbonyl (C=O) groups excluding carboxylic acids is 1. The van der Waals surface area contributed by atoms with Crippen LogP contribution in [0.2, 0.25) is 0 Å². The number of urea groups is 1. The Morgan fingerprint density at radius 1 is 1.21 bits per heavy atom. The van der Waals surface area contributed by atoms with E-state index in [4.69, 9.17) is 5.11 Å². The fourth-order valence-corrected chi connectivity index (χ4v) is 1.58. The van der Waals surface area contributed by atoms with Gasteiger partial charge < -0.3 is 15.7 Å². The maximum absolute atomic E-state index is 11.7. The number of benzene rings is 1. The fourth-order valence-electron chi connectivity index (χ4n) is 1.58. The van der Waals surface area contributed by atoms with Gasteiger partial charge in [-0.25, -0.2) is 9.59 Å². The quantitative estimate of drug-likeness (QED) is 0.775. The highest BCUT2D eigenvalue weighted by molar-refractivity contribution is 5.83. The number of nitrogens with one attached hydrogen (secondary N) is 2. The van der Waals surface area contributed by atoms with Crippen LogP contribution in [0.4, 0.5) is 4.79 Å². The molecule has 0 saturated heterocycles. The van der Waals surface area contributed by atoms with Crippen molar-refractivity contribution in [3.8, 4) is 0 Å². The van der Waals surface area contributed by atoms with E-state index >= 15 is 0 Å². The van der Waals surface area contributed by atoms with Gasteiger partial charge in [0.05, 0.1) is 0 Å². The molecule has 1 aromatic rings. The molecule has 0 radical (unpaired) electrons. The molecule has 0 aliphatic heterocycles. The molecule has 0 aliphatic rings. The normalized spacial score (nSPS) is 12.6. The van der Waals surface area contributed by atoms with Crippen LogP contribution in [0.5, 0.6) is 0 Å². The highest BCUT2D eigenvalue weighted by atomic mass is 16.4. The number of carboxylic acids is 1. The zero-order valence-corrected chi connectivity index (χ0v) is 11.4. The summed E-state index contributed by atoms with van der Waals surface area (Å²) in [7, 11) is 0. The lowest BCUT2D eigenvalue weighted by Crippen LogP contribution is -2.52. The Hall–Kier alpha value is -2.04. The van der Waals surface area contributed by atoms with Crippen molar-refractivity contribution in [3.63, 3.8) is 0 Å². The highest BCUT2D eigenvalue weighted by Crippen LogP contribution is 2.04. The second-order valence-corrected chi connectivity index (χ2v) is 5.43. The predicted octanol–water partition coefficient (Wildman–Crippen LogP) is 1.78. The van der Waals surface area contributed by atoms with E-state index in [0.29, 0.717) is 0 Å². The first-order valence-corrected chi connectivity index (χ1v) is 6.13. The Bertz CT molecular complexity index is 438. The molecule has 3 N–H and O–H groups in total. The molecule has 1 atom stereocenters. The lowest BCUT2D eigenvalue weighted by atomic mass is 10.1. The number of amides is 2. The van der Waals surface area contributed by atoms with Gasteiger partial charge in [-0.2, -0.15) is 0 Å². The summed E-state index contributed by atoms with van der Waals surface area (Å²) in [4.78, 5) is 22.8. The van der Waals surface area contributed by atoms with E-state index in [2.05, 4.69) is 10.6 Å². The molecule has 0 unspecified atom stereocenters. The molecule has 0 fully saturated rings. The van der Waals surface area contributed by atoms with Crippen molar-refractivity contribution in [1.82, 2.24) is 10.6 Å². The van der Waals surface area contributed by atoms with E-state index in [0.717, 1.165) is 5.56 Å². The molecule has 1 aromatic carbocycles. The summed E-state index contributed by atoms with van der Waals surface area (Å²) in [5.74, 6) is -1.05. The minimum atomic E-state index is -1.05. The summed E-state index contributed by atoms with van der Waals surface area (Å²) in [6.45, 7) is 5.50. The van der Waals surface area contributed by atoms with Gasteiger partial charge in [0.25, 0.3) is 0 Å². The summed E-state index contributed by atoms with van der Waals surface area (Å²) in [6.07, 6.45) is 0.258. The molecule has 104 valence electrons. The molecule has 0 saturated carbocycles. The van der Waals surface area contributed by atoms with E-state index in [1.165, 1.54) is 0 Å². The highest BCUT2D eigenvalue weighted by Gasteiger charge is 2.22. The monoisotopic (exact) mass is 264 g/mol. The first-order valence-electron chi connectivity index (χ1n) is 6.13. The molecule has 0 spiro atoms. The molecule has 0 aromatic heterocycles. The lowest BCUT2D eigenvalue weighted by Gasteiger charge is -2.23. The Morgan fingerprint density at radius 2 is 1.79 bits per heavy atom. The molecule has 0 bridgehead atoms. The topological polar surface area (TPSA) is 78.4 Å². The maximum Gasteiger partial charge on any atom is 0.326 e. The lowest BCUT2D eigenvalue weighted by molar-refractivity contribution is -0.139. The van der Waals surface area contributed by atoms with Crippen LogP contribution in [0.1, 0.15) is 26.3 Å². The van der Waals surface area contributed by atoms with Gasteiger partial charge in [-0.1, -0.05) is 30.3 Å². The van der Waals surface area contributed by atoms with Crippen molar-refractivity contribution in [1.29, 1.82) is 0 Å². The molecule has 5 nitrogen and oxygen atoms in total. The van der Waals surface area contributed by atoms with Crippen LogP contribution in [-0.4, -0.2) is 28.7 Å². The summed E-state index contributed by atoms with van der Waals surface area (Å²) in [5, 5.41) is 14.3. The average molecular weight is 264 g/mol. The van der Waals surface area contributed by atoms with Crippen molar-refractivity contribution < 1.29 is 14.7 Å². The van der Waals surface area contributed by atoms with Crippen LogP contribution in [0, 0.1) is 0 Å². The molecule has 1 rings (SSSR count). The van der Waals surface area contributed by atoms with Gasteiger partial charge in [0, 0.05) is 12.0 Å². The van der Waals surface area contributed by atoms with Crippen LogP contribution in [0.3, 0.4) is 0 Å². The fraction of sp³-hybridized carbons (Fsp3) is 0.429. The Kier molecular flexibility index (Phi) is 4.92. The van der Waals surface area contributed by atoms with Gasteiger partial charge in [0.2, 0.25) is 0 Å². The van der Waals surface area contributed by atoms with Gasteiger partial charge in [0.1, 0.15) is 6.04 Å². The van der Waals surface area contributed by atoms with E-state index < -0.39 is 23.6 Å². The molecular weight excluding hydrogens is 244 g/mol. The van der Waals surface area contributed by atoms with E-state index in [1.54, 1.807) is 0 Å². The Balaban J connectivity index is 2.64. The van der Waals surface area contributed by atoms with Crippen molar-refractivity contribution >= 4 is 12.0 Å². The van der Waals surface area contributed by atoms with Crippen LogP contribution >= 0.6 is 0 Å². The van der Waals surface area contributed by atoms with Crippen molar-refractivity contribution in [3.05, 3.63) is 35.9 Å². The van der Waals surface area contributed by atoms with Crippen LogP contribution in [-0.2, 0) is 11.2 Å². The van der Waals surface area contributed by atoms with Crippen LogP contribution in [0.15, 0.2) is 30.3 Å². The second-order valence-electron chi connectivity index (χ2n) is 5.43. The van der Waals surface area contributed by atoms with E-state index in [1.807, 2.05) is 51.1 Å². The molecule has 5 heteroatoms. The Morgan fingerprint density at radius 3 is 2.26 bits per heavy atom. The van der Waals surface area contributed by atoms with E-state index in [-0.39, 0.29) is 6.42 Å². The summed E-state index contributed by atoms with van der Waals surface area (Å²) < 4.78 is 0. The van der Waals surface area contributed by atoms with Gasteiger partial charge in [-0.3, -0.25) is 0 Å². The SMILES string of the molecule is CC(C)(C)NC(=O)N[C@@H](Cc1ccccc1)C(=O)O. The zero-order chi connectivity index (χ0) is 14.5. The maximum atomic E-state index is 11.7. The third-order valence-electron chi connectivity index (χ3n) is 2.37. The summed E-state index contributed by atoms with van der Waals surface area (Å²) >= 11 is 0. The minimum absolute atomic E-state index is 0.258. The Labute approximate surface area is 113 Å². The second kappa shape index (κ2) is 6.22. The van der Waals surface area contributed by atoms with Gasteiger partial charge in [-0.05, 0) is 26.3 Å². The standard InChI is InChI=1S/C14H20N2O3/c1-14(2,3)16-13(19)15-11(12(17)18)9-10-7-5-4-6-8-10/h4-8,11H,9H2,1-3H3,(H,17,18)(H2,15,16,19)/t11-/m0/s1. The largest absolute Gasteiger partial charge is 0.480 e. The molecule has 19 heavy (non-hydrogen) atoms. The van der Waals surface area contributed by atoms with Gasteiger partial charge in [0.15, 0.2) is 0 Å². The number of carboxylic acid groups (broad SMARTS) is 1. The minimum Gasteiger partial charge on any atom is -0.480 e. The van der Waals surface area contributed by atoms with Crippen molar-refractivity contribution in [2.75, 3.05) is 0 Å². The smallest absolute Gasteiger partial charge is 0.326 e. The van der Waals surface area contributed by atoms with E-state index in [9.17, 15) is 9.59 Å². The number of hydrogen-bond donors (Lipinski definition) is 3. The molecule has 2 amide bonds. The molecule has 0 aliphatic carbocycles. The summed E-state index contributed by atoms with van der Waals surface area (Å²) in [6, 6.07) is 7.78. The number of hydrogen-bond acceptors (Lipinski definition) is 2. The average Bonchev–Trinajstić information content (AvgIpc) is 2.26. The third kappa shape index (κ3) is 5.90. The number of aliphatic carboxylic acids is 1. The predicted molar refractivity (Wildman–Crippen MR) is 73.0 cm³/mol. The molecular formula is C14H20N2O3. The van der Waals surface area contributed by atoms with Crippen LogP contribution in [0.25, 0.3) is 0 Å². The van der Waals surface area contributed by atoms with Crippen LogP contribution < -0.4 is 10.6 Å². The third-order valence-corrected chi connectivity index (χ3v) is 2.37. The number of rotatable bonds is 4. The zero-order valence-electron chi connectivity index (χ0n) is 11.4. The number of carbonyl (C=O) groups is 2. The van der Waals surface area contributed by atoms with Crippen molar-refractivity contribution in [2.45, 2.75) is 38.8 Å². The van der Waals surface area contributed by atoms with Gasteiger partial charge in [-0.15, -0.1) is 0 Å². The first-order chi connectivity index (χ1) is 8.78. The van der Waals surface area contributed by atoms with Crippen molar-refractivity contribution in [2.24, 2.45) is 0 Å².